The zero-order valence-electron chi connectivity index (χ0n) is 13.5. The number of aromatic nitrogens is 2. The highest BCUT2D eigenvalue weighted by Crippen LogP contribution is 2.30. The van der Waals surface area contributed by atoms with Gasteiger partial charge in [-0.2, -0.15) is 0 Å². The van der Waals surface area contributed by atoms with E-state index in [0.29, 0.717) is 6.54 Å². The van der Waals surface area contributed by atoms with Crippen molar-refractivity contribution in [2.45, 2.75) is 58.5 Å². The van der Waals surface area contributed by atoms with Crippen molar-refractivity contribution < 1.29 is 5.11 Å². The van der Waals surface area contributed by atoms with Gasteiger partial charge in [-0.25, -0.2) is 9.97 Å². The highest BCUT2D eigenvalue weighted by molar-refractivity contribution is 5.59. The first-order chi connectivity index (χ1) is 10.1. The second-order valence-corrected chi connectivity index (χ2v) is 6.22. The molecule has 2 N–H and O–H groups in total. The van der Waals surface area contributed by atoms with Gasteiger partial charge in [0.1, 0.15) is 18.0 Å². The van der Waals surface area contributed by atoms with Gasteiger partial charge in [-0.3, -0.25) is 0 Å². The van der Waals surface area contributed by atoms with E-state index in [1.165, 1.54) is 5.56 Å². The molecule has 1 aliphatic heterocycles. The molecule has 1 atom stereocenters. The predicted octanol–water partition coefficient (Wildman–Crippen LogP) is 2.60. The van der Waals surface area contributed by atoms with Crippen LogP contribution in [0.4, 0.5) is 11.6 Å². The summed E-state index contributed by atoms with van der Waals surface area (Å²) < 4.78 is 0. The molecule has 0 spiro atoms. The molecule has 1 aromatic heterocycles. The van der Waals surface area contributed by atoms with Gasteiger partial charge in [0.2, 0.25) is 0 Å². The Labute approximate surface area is 127 Å². The van der Waals surface area contributed by atoms with Crippen LogP contribution < -0.4 is 10.2 Å². The third-order valence-electron chi connectivity index (χ3n) is 3.94. The van der Waals surface area contributed by atoms with E-state index in [1.54, 1.807) is 6.33 Å². The van der Waals surface area contributed by atoms with Crippen molar-refractivity contribution in [2.24, 2.45) is 0 Å². The lowest BCUT2D eigenvalue weighted by Gasteiger charge is -2.38. The van der Waals surface area contributed by atoms with E-state index in [-0.39, 0.29) is 0 Å². The van der Waals surface area contributed by atoms with E-state index in [9.17, 15) is 5.11 Å². The Kier molecular flexibility index (Phi) is 5.39. The lowest BCUT2D eigenvalue weighted by molar-refractivity contribution is 0.0446. The molecule has 118 valence electrons. The van der Waals surface area contributed by atoms with E-state index in [0.717, 1.165) is 56.8 Å². The van der Waals surface area contributed by atoms with Crippen LogP contribution in [0, 0.1) is 0 Å². The summed E-state index contributed by atoms with van der Waals surface area (Å²) in [5, 5.41) is 13.7. The molecule has 0 saturated carbocycles. The molecule has 1 unspecified atom stereocenters. The van der Waals surface area contributed by atoms with Crippen LogP contribution >= 0.6 is 0 Å². The Morgan fingerprint density at radius 3 is 2.81 bits per heavy atom. The van der Waals surface area contributed by atoms with Crippen LogP contribution in [0.1, 0.15) is 52.0 Å². The molecule has 2 heterocycles. The van der Waals surface area contributed by atoms with Crippen molar-refractivity contribution in [1.29, 1.82) is 0 Å². The summed E-state index contributed by atoms with van der Waals surface area (Å²) >= 11 is 0. The van der Waals surface area contributed by atoms with Crippen molar-refractivity contribution in [1.82, 2.24) is 9.97 Å². The third-order valence-corrected chi connectivity index (χ3v) is 3.94. The van der Waals surface area contributed by atoms with Gasteiger partial charge in [-0.05, 0) is 32.6 Å². The fraction of sp³-hybridized carbons (Fsp3) is 0.750. The lowest BCUT2D eigenvalue weighted by atomic mass is 9.94. The summed E-state index contributed by atoms with van der Waals surface area (Å²) in [7, 11) is 0. The first kappa shape index (κ1) is 16.0. The largest absolute Gasteiger partial charge is 0.388 e. The third kappa shape index (κ3) is 4.06. The summed E-state index contributed by atoms with van der Waals surface area (Å²) in [6.07, 6.45) is 6.59. The van der Waals surface area contributed by atoms with Crippen LogP contribution in [0.15, 0.2) is 6.33 Å². The molecule has 0 bridgehead atoms. The van der Waals surface area contributed by atoms with Crippen molar-refractivity contribution in [2.75, 3.05) is 29.9 Å². The molecular formula is C16H28N4O. The SMILES string of the molecule is CCCNc1ncnc(N2CCCC(C)(O)C2)c1CCC. The van der Waals surface area contributed by atoms with Crippen LogP contribution in [0.25, 0.3) is 0 Å². The summed E-state index contributed by atoms with van der Waals surface area (Å²) in [4.78, 5) is 11.1. The van der Waals surface area contributed by atoms with Crippen molar-refractivity contribution in [3.05, 3.63) is 11.9 Å². The molecule has 1 aliphatic rings. The number of rotatable bonds is 6. The highest BCUT2D eigenvalue weighted by Gasteiger charge is 2.30. The molecule has 1 aromatic rings. The molecule has 2 rings (SSSR count). The maximum Gasteiger partial charge on any atom is 0.137 e. The molecule has 0 amide bonds. The number of piperidine rings is 1. The quantitative estimate of drug-likeness (QED) is 0.844. The fourth-order valence-electron chi connectivity index (χ4n) is 2.95. The number of β-amino-alcohol motifs (C(OH)–C–C–N with tert-alkyl or cyclic N) is 1. The smallest absolute Gasteiger partial charge is 0.137 e. The Morgan fingerprint density at radius 2 is 2.14 bits per heavy atom. The molecule has 5 nitrogen and oxygen atoms in total. The minimum Gasteiger partial charge on any atom is -0.388 e. The monoisotopic (exact) mass is 292 g/mol. The number of hydrogen-bond acceptors (Lipinski definition) is 5. The molecule has 5 heteroatoms. The Morgan fingerprint density at radius 1 is 1.33 bits per heavy atom. The van der Waals surface area contributed by atoms with Gasteiger partial charge in [0.25, 0.3) is 0 Å². The Bertz CT molecular complexity index is 462. The van der Waals surface area contributed by atoms with Crippen molar-refractivity contribution >= 4 is 11.6 Å². The standard InChI is InChI=1S/C16H28N4O/c1-4-7-13-14(17-9-5-2)18-12-19-15(13)20-10-6-8-16(3,21)11-20/h12,21H,4-11H2,1-3H3,(H,17,18,19). The average molecular weight is 292 g/mol. The first-order valence-electron chi connectivity index (χ1n) is 8.12. The predicted molar refractivity (Wildman–Crippen MR) is 86.9 cm³/mol. The summed E-state index contributed by atoms with van der Waals surface area (Å²) in [6, 6.07) is 0. The summed E-state index contributed by atoms with van der Waals surface area (Å²) in [5.74, 6) is 1.94. The van der Waals surface area contributed by atoms with Crippen LogP contribution in [-0.4, -0.2) is 40.3 Å². The summed E-state index contributed by atoms with van der Waals surface area (Å²) in [6.45, 7) is 8.76. The molecule has 1 saturated heterocycles. The van der Waals surface area contributed by atoms with Gasteiger partial charge in [0.05, 0.1) is 5.60 Å². The fourth-order valence-corrected chi connectivity index (χ4v) is 2.95. The summed E-state index contributed by atoms with van der Waals surface area (Å²) in [5.41, 5.74) is 0.565. The van der Waals surface area contributed by atoms with Gasteiger partial charge in [-0.15, -0.1) is 0 Å². The van der Waals surface area contributed by atoms with Crippen LogP contribution in [0.3, 0.4) is 0 Å². The zero-order valence-corrected chi connectivity index (χ0v) is 13.5. The minimum atomic E-state index is -0.621. The Hall–Kier alpha value is -1.36. The number of anilines is 2. The molecule has 0 radical (unpaired) electrons. The molecule has 1 fully saturated rings. The first-order valence-corrected chi connectivity index (χ1v) is 8.12. The molecular weight excluding hydrogens is 264 g/mol. The maximum absolute atomic E-state index is 10.3. The second kappa shape index (κ2) is 7.07. The van der Waals surface area contributed by atoms with E-state index < -0.39 is 5.60 Å². The van der Waals surface area contributed by atoms with Gasteiger partial charge in [0.15, 0.2) is 0 Å². The lowest BCUT2D eigenvalue weighted by Crippen LogP contribution is -2.46. The Balaban J connectivity index is 2.28. The van der Waals surface area contributed by atoms with Crippen LogP contribution in [0.2, 0.25) is 0 Å². The van der Waals surface area contributed by atoms with E-state index in [2.05, 4.69) is 34.0 Å². The van der Waals surface area contributed by atoms with Crippen molar-refractivity contribution in [3.8, 4) is 0 Å². The average Bonchev–Trinajstić information content (AvgIpc) is 2.45. The maximum atomic E-state index is 10.3. The molecule has 21 heavy (non-hydrogen) atoms. The van der Waals surface area contributed by atoms with Gasteiger partial charge < -0.3 is 15.3 Å². The topological polar surface area (TPSA) is 61.3 Å². The molecule has 0 aliphatic carbocycles. The van der Waals surface area contributed by atoms with Gasteiger partial charge in [0, 0.05) is 25.2 Å². The van der Waals surface area contributed by atoms with Gasteiger partial charge >= 0.3 is 0 Å². The zero-order chi connectivity index (χ0) is 15.3. The number of nitrogens with zero attached hydrogens (tertiary/aromatic N) is 3. The van der Waals surface area contributed by atoms with Crippen molar-refractivity contribution in [3.63, 3.8) is 0 Å². The van der Waals surface area contributed by atoms with Crippen LogP contribution in [0.5, 0.6) is 0 Å². The number of hydrogen-bond donors (Lipinski definition) is 2. The number of nitrogens with one attached hydrogen (secondary N) is 1. The van der Waals surface area contributed by atoms with E-state index >= 15 is 0 Å². The number of aliphatic hydroxyl groups is 1. The minimum absolute atomic E-state index is 0.621. The van der Waals surface area contributed by atoms with E-state index in [1.807, 2.05) is 6.92 Å². The highest BCUT2D eigenvalue weighted by atomic mass is 16.3. The second-order valence-electron chi connectivity index (χ2n) is 6.22. The van der Waals surface area contributed by atoms with Gasteiger partial charge in [-0.1, -0.05) is 20.3 Å². The normalized spacial score (nSPS) is 22.4. The van der Waals surface area contributed by atoms with E-state index in [4.69, 9.17) is 0 Å². The molecule has 0 aromatic carbocycles. The van der Waals surface area contributed by atoms with Crippen LogP contribution in [-0.2, 0) is 6.42 Å².